The number of hydrogen-bond donors (Lipinski definition) is 1. The van der Waals surface area contributed by atoms with Gasteiger partial charge < -0.3 is 15.1 Å². The van der Waals surface area contributed by atoms with Crippen LogP contribution in [-0.4, -0.2) is 52.9 Å². The number of rotatable bonds is 4. The fourth-order valence-corrected chi connectivity index (χ4v) is 3.80. The molecule has 1 saturated heterocycles. The Hall–Kier alpha value is -2.11. The zero-order chi connectivity index (χ0) is 17.6. The molecule has 0 radical (unpaired) electrons. The van der Waals surface area contributed by atoms with E-state index in [9.17, 15) is 9.59 Å². The third-order valence-corrected chi connectivity index (χ3v) is 5.30. The van der Waals surface area contributed by atoms with Crippen LogP contribution in [0.15, 0.2) is 24.5 Å². The van der Waals surface area contributed by atoms with E-state index in [4.69, 9.17) is 0 Å². The molecule has 2 fully saturated rings. The van der Waals surface area contributed by atoms with Gasteiger partial charge in [-0.05, 0) is 37.0 Å². The van der Waals surface area contributed by atoms with Crippen LogP contribution in [0.5, 0.6) is 0 Å². The van der Waals surface area contributed by atoms with Crippen LogP contribution in [0.25, 0.3) is 0 Å². The van der Waals surface area contributed by atoms with E-state index in [2.05, 4.69) is 10.3 Å². The molecule has 2 heterocycles. The van der Waals surface area contributed by atoms with Gasteiger partial charge in [0.15, 0.2) is 0 Å². The summed E-state index contributed by atoms with van der Waals surface area (Å²) in [7, 11) is 1.79. The number of nitrogens with one attached hydrogen (secondary N) is 1. The Morgan fingerprint density at radius 3 is 2.64 bits per heavy atom. The second kappa shape index (κ2) is 8.32. The minimum absolute atomic E-state index is 0.0555. The van der Waals surface area contributed by atoms with Gasteiger partial charge in [-0.3, -0.25) is 9.78 Å². The monoisotopic (exact) mass is 344 g/mol. The second-order valence-electron chi connectivity index (χ2n) is 7.27. The van der Waals surface area contributed by atoms with E-state index >= 15 is 0 Å². The highest BCUT2D eigenvalue weighted by atomic mass is 16.2. The number of pyridine rings is 1. The summed E-state index contributed by atoms with van der Waals surface area (Å²) < 4.78 is 0. The first kappa shape index (κ1) is 17.7. The van der Waals surface area contributed by atoms with Crippen molar-refractivity contribution in [3.63, 3.8) is 0 Å². The molecule has 25 heavy (non-hydrogen) atoms. The second-order valence-corrected chi connectivity index (χ2v) is 7.27. The maximum absolute atomic E-state index is 12.6. The fourth-order valence-electron chi connectivity index (χ4n) is 3.80. The van der Waals surface area contributed by atoms with Gasteiger partial charge in [0.05, 0.1) is 0 Å². The minimum Gasteiger partial charge on any atom is -0.340 e. The smallest absolute Gasteiger partial charge is 0.317 e. The Morgan fingerprint density at radius 1 is 1.20 bits per heavy atom. The molecule has 0 aromatic carbocycles. The molecule has 2 aliphatic rings. The fraction of sp³-hybridized carbons (Fsp3) is 0.632. The van der Waals surface area contributed by atoms with Crippen LogP contribution in [0.1, 0.15) is 44.1 Å². The quantitative estimate of drug-likeness (QED) is 0.912. The van der Waals surface area contributed by atoms with Gasteiger partial charge in [0.1, 0.15) is 0 Å². The number of nitrogens with zero attached hydrogens (tertiary/aromatic N) is 3. The molecule has 6 heteroatoms. The van der Waals surface area contributed by atoms with Gasteiger partial charge in [-0.2, -0.15) is 0 Å². The van der Waals surface area contributed by atoms with Crippen molar-refractivity contribution in [2.45, 2.75) is 51.1 Å². The molecule has 0 unspecified atom stereocenters. The van der Waals surface area contributed by atoms with E-state index in [0.717, 1.165) is 31.4 Å². The summed E-state index contributed by atoms with van der Waals surface area (Å²) >= 11 is 0. The topological polar surface area (TPSA) is 65.5 Å². The molecule has 3 rings (SSSR count). The first-order valence-corrected chi connectivity index (χ1v) is 9.33. The van der Waals surface area contributed by atoms with Gasteiger partial charge in [0.25, 0.3) is 0 Å². The van der Waals surface area contributed by atoms with Crippen molar-refractivity contribution < 1.29 is 9.59 Å². The van der Waals surface area contributed by atoms with Gasteiger partial charge in [-0.15, -0.1) is 0 Å². The molecular formula is C19H28N4O2. The maximum Gasteiger partial charge on any atom is 0.317 e. The lowest BCUT2D eigenvalue weighted by Gasteiger charge is -2.26. The third-order valence-electron chi connectivity index (χ3n) is 5.30. The van der Waals surface area contributed by atoms with Gasteiger partial charge >= 0.3 is 6.03 Å². The molecular weight excluding hydrogens is 316 g/mol. The summed E-state index contributed by atoms with van der Waals surface area (Å²) in [6.07, 6.45) is 9.95. The van der Waals surface area contributed by atoms with Gasteiger partial charge in [-0.1, -0.05) is 19.3 Å². The number of likely N-dealkylation sites (tertiary alicyclic amines) is 1. The van der Waals surface area contributed by atoms with E-state index in [-0.39, 0.29) is 18.0 Å². The average Bonchev–Trinajstić information content (AvgIpc) is 3.11. The first-order chi connectivity index (χ1) is 12.1. The van der Waals surface area contributed by atoms with E-state index in [1.165, 1.54) is 19.3 Å². The molecule has 1 N–H and O–H groups in total. The Kier molecular flexibility index (Phi) is 5.89. The summed E-state index contributed by atoms with van der Waals surface area (Å²) in [6.45, 7) is 1.95. The van der Waals surface area contributed by atoms with Crippen LogP contribution in [0.3, 0.4) is 0 Å². The molecule has 6 nitrogen and oxygen atoms in total. The van der Waals surface area contributed by atoms with Crippen molar-refractivity contribution in [2.24, 2.45) is 5.92 Å². The normalized spacial score (nSPS) is 21.2. The van der Waals surface area contributed by atoms with E-state index in [0.29, 0.717) is 19.0 Å². The SMILES string of the molecule is CN(Cc1ccncc1)C(=O)N[C@@H]1CCN(C(=O)C2CCCCC2)C1. The number of amides is 3. The van der Waals surface area contributed by atoms with Gasteiger partial charge in [0, 0.05) is 51.0 Å². The van der Waals surface area contributed by atoms with Crippen LogP contribution in [0.4, 0.5) is 4.79 Å². The lowest BCUT2D eigenvalue weighted by molar-refractivity contribution is -0.135. The predicted molar refractivity (Wildman–Crippen MR) is 95.8 cm³/mol. The van der Waals surface area contributed by atoms with Crippen molar-refractivity contribution in [3.05, 3.63) is 30.1 Å². The van der Waals surface area contributed by atoms with Crippen molar-refractivity contribution in [2.75, 3.05) is 20.1 Å². The summed E-state index contributed by atoms with van der Waals surface area (Å²) in [5.74, 6) is 0.499. The first-order valence-electron chi connectivity index (χ1n) is 9.33. The van der Waals surface area contributed by atoms with Crippen molar-refractivity contribution in [1.82, 2.24) is 20.1 Å². The Bertz CT molecular complexity index is 586. The van der Waals surface area contributed by atoms with Crippen LogP contribution in [-0.2, 0) is 11.3 Å². The summed E-state index contributed by atoms with van der Waals surface area (Å²) in [5.41, 5.74) is 1.05. The molecule has 1 aromatic rings. The van der Waals surface area contributed by atoms with Crippen LogP contribution in [0.2, 0.25) is 0 Å². The zero-order valence-electron chi connectivity index (χ0n) is 15.0. The average molecular weight is 344 g/mol. The predicted octanol–water partition coefficient (Wildman–Crippen LogP) is 2.40. The molecule has 136 valence electrons. The molecule has 0 bridgehead atoms. The number of aromatic nitrogens is 1. The standard InChI is InChI=1S/C19H28N4O2/c1-22(13-15-7-10-20-11-8-15)19(25)21-17-9-12-23(14-17)18(24)16-5-3-2-4-6-16/h7-8,10-11,16-17H,2-6,9,12-14H2,1H3,(H,21,25)/t17-/m1/s1. The van der Waals surface area contributed by atoms with Crippen LogP contribution < -0.4 is 5.32 Å². The lowest BCUT2D eigenvalue weighted by Crippen LogP contribution is -2.45. The summed E-state index contributed by atoms with van der Waals surface area (Å²) in [6, 6.07) is 3.78. The van der Waals surface area contributed by atoms with Crippen molar-refractivity contribution in [3.8, 4) is 0 Å². The Balaban J connectivity index is 1.45. The number of carbonyl (C=O) groups is 2. The minimum atomic E-state index is -0.0891. The third kappa shape index (κ3) is 4.71. The van der Waals surface area contributed by atoms with E-state index < -0.39 is 0 Å². The molecule has 1 saturated carbocycles. The number of carbonyl (C=O) groups excluding carboxylic acids is 2. The maximum atomic E-state index is 12.6. The van der Waals surface area contributed by atoms with Crippen molar-refractivity contribution >= 4 is 11.9 Å². The van der Waals surface area contributed by atoms with Gasteiger partial charge in [-0.25, -0.2) is 4.79 Å². The summed E-state index contributed by atoms with van der Waals surface area (Å²) in [5, 5.41) is 3.06. The van der Waals surface area contributed by atoms with E-state index in [1.54, 1.807) is 24.3 Å². The molecule has 0 spiro atoms. The van der Waals surface area contributed by atoms with Crippen LogP contribution >= 0.6 is 0 Å². The number of hydrogen-bond acceptors (Lipinski definition) is 3. The largest absolute Gasteiger partial charge is 0.340 e. The van der Waals surface area contributed by atoms with Crippen LogP contribution in [0, 0.1) is 5.92 Å². The summed E-state index contributed by atoms with van der Waals surface area (Å²) in [4.78, 5) is 32.6. The molecule has 1 atom stereocenters. The van der Waals surface area contributed by atoms with Gasteiger partial charge in [0.2, 0.25) is 5.91 Å². The lowest BCUT2D eigenvalue weighted by atomic mass is 9.88. The highest BCUT2D eigenvalue weighted by Crippen LogP contribution is 2.26. The molecule has 1 aliphatic heterocycles. The highest BCUT2D eigenvalue weighted by molar-refractivity contribution is 5.79. The van der Waals surface area contributed by atoms with Crippen molar-refractivity contribution in [1.29, 1.82) is 0 Å². The highest BCUT2D eigenvalue weighted by Gasteiger charge is 2.32. The zero-order valence-corrected chi connectivity index (χ0v) is 15.0. The molecule has 3 amide bonds. The molecule has 1 aromatic heterocycles. The van der Waals surface area contributed by atoms with E-state index in [1.807, 2.05) is 17.0 Å². The number of urea groups is 1. The molecule has 1 aliphatic carbocycles. The Morgan fingerprint density at radius 2 is 1.92 bits per heavy atom. The Labute approximate surface area is 149 Å².